The molecule has 3 heterocycles. The summed E-state index contributed by atoms with van der Waals surface area (Å²) in [5.41, 5.74) is 2.28. The van der Waals surface area contributed by atoms with Crippen LogP contribution in [0.5, 0.6) is 0 Å². The summed E-state index contributed by atoms with van der Waals surface area (Å²) in [5.74, 6) is -0.719. The first kappa shape index (κ1) is 20.0. The Hall–Kier alpha value is -2.25. The van der Waals surface area contributed by atoms with Gasteiger partial charge < -0.3 is 0 Å². The molecule has 2 amide bonds. The Morgan fingerprint density at radius 1 is 1.34 bits per heavy atom. The normalized spacial score (nSPS) is 18.0. The average molecular weight is 462 g/mol. The SMILES string of the molecule is Cc1[se]c(/C=C2\C(=O)Nc3ccc(F)cc32)cc1C(=O)NCCN1CCOCC1. The summed E-state index contributed by atoms with van der Waals surface area (Å²) in [6.45, 7) is 6.59. The number of carbonyl (C=O) groups excluding carboxylic acids is 2. The third kappa shape index (κ3) is 4.51. The molecule has 1 aromatic heterocycles. The van der Waals surface area contributed by atoms with E-state index in [9.17, 15) is 14.0 Å². The van der Waals surface area contributed by atoms with Crippen molar-refractivity contribution in [2.45, 2.75) is 6.92 Å². The first-order chi connectivity index (χ1) is 14.0. The quantitative estimate of drug-likeness (QED) is 0.525. The Morgan fingerprint density at radius 3 is 2.93 bits per heavy atom. The topological polar surface area (TPSA) is 70.7 Å². The Labute approximate surface area is 174 Å². The van der Waals surface area contributed by atoms with Crippen LogP contribution in [0, 0.1) is 12.7 Å². The number of amides is 2. The standard InChI is InChI=1S/C21H22FN3O3Se/c1-13-16(20(26)23-4-5-25-6-8-28-9-7-25)11-15(29-13)12-18-17-10-14(22)2-3-19(17)24-21(18)27/h2-3,10-12H,4-9H2,1H3,(H,23,26)(H,24,27)/b18-12-. The number of carbonyl (C=O) groups is 2. The maximum atomic E-state index is 13.6. The number of hydrogen-bond donors (Lipinski definition) is 2. The molecule has 2 N–H and O–H groups in total. The number of morpholine rings is 1. The van der Waals surface area contributed by atoms with Crippen LogP contribution in [-0.2, 0) is 9.53 Å². The summed E-state index contributed by atoms with van der Waals surface area (Å²) in [6, 6.07) is 6.10. The summed E-state index contributed by atoms with van der Waals surface area (Å²) in [6.07, 6.45) is 1.78. The van der Waals surface area contributed by atoms with Gasteiger partial charge in [0.1, 0.15) is 0 Å². The predicted molar refractivity (Wildman–Crippen MR) is 111 cm³/mol. The summed E-state index contributed by atoms with van der Waals surface area (Å²) < 4.78 is 20.9. The van der Waals surface area contributed by atoms with Gasteiger partial charge in [0.15, 0.2) is 0 Å². The summed E-state index contributed by atoms with van der Waals surface area (Å²) in [7, 11) is 0. The molecule has 0 atom stereocenters. The fourth-order valence-corrected chi connectivity index (χ4v) is 5.53. The number of rotatable bonds is 5. The van der Waals surface area contributed by atoms with E-state index >= 15 is 0 Å². The first-order valence-electron chi connectivity index (χ1n) is 9.53. The second-order valence-corrected chi connectivity index (χ2v) is 9.73. The summed E-state index contributed by atoms with van der Waals surface area (Å²) in [4.78, 5) is 27.1. The van der Waals surface area contributed by atoms with Crippen molar-refractivity contribution in [2.75, 3.05) is 44.7 Å². The summed E-state index contributed by atoms with van der Waals surface area (Å²) in [5, 5.41) is 5.74. The van der Waals surface area contributed by atoms with E-state index < -0.39 is 0 Å². The third-order valence-electron chi connectivity index (χ3n) is 5.05. The Morgan fingerprint density at radius 2 is 2.14 bits per heavy atom. The van der Waals surface area contributed by atoms with E-state index in [0.29, 0.717) is 28.9 Å². The van der Waals surface area contributed by atoms with Crippen LogP contribution >= 0.6 is 0 Å². The minimum atomic E-state index is -0.383. The number of anilines is 1. The molecule has 152 valence electrons. The van der Waals surface area contributed by atoms with Crippen LogP contribution in [-0.4, -0.2) is 70.6 Å². The Kier molecular flexibility index (Phi) is 5.96. The van der Waals surface area contributed by atoms with Crippen LogP contribution in [0.4, 0.5) is 10.1 Å². The van der Waals surface area contributed by atoms with Crippen LogP contribution < -0.4 is 10.6 Å². The van der Waals surface area contributed by atoms with Crippen LogP contribution in [0.25, 0.3) is 11.6 Å². The predicted octanol–water partition coefficient (Wildman–Crippen LogP) is 1.75. The molecular weight excluding hydrogens is 440 g/mol. The van der Waals surface area contributed by atoms with Crippen LogP contribution in [0.3, 0.4) is 0 Å². The molecular formula is C21H22FN3O3Se. The molecule has 2 aliphatic heterocycles. The van der Waals surface area contributed by atoms with Crippen molar-refractivity contribution >= 4 is 43.7 Å². The van der Waals surface area contributed by atoms with Crippen molar-refractivity contribution in [1.29, 1.82) is 0 Å². The zero-order valence-electron chi connectivity index (χ0n) is 16.1. The minimum absolute atomic E-state index is 0.0414. The molecule has 0 unspecified atom stereocenters. The fraction of sp³-hybridized carbons (Fsp3) is 0.333. The zero-order valence-corrected chi connectivity index (χ0v) is 17.8. The van der Waals surface area contributed by atoms with Gasteiger partial charge in [-0.05, 0) is 0 Å². The zero-order chi connectivity index (χ0) is 20.4. The Bertz CT molecular complexity index is 980. The molecule has 8 heteroatoms. The van der Waals surface area contributed by atoms with Crippen molar-refractivity contribution in [3.8, 4) is 0 Å². The van der Waals surface area contributed by atoms with Gasteiger partial charge >= 0.3 is 174 Å². The van der Waals surface area contributed by atoms with Crippen molar-refractivity contribution in [2.24, 2.45) is 0 Å². The van der Waals surface area contributed by atoms with Gasteiger partial charge in [0.05, 0.1) is 0 Å². The molecule has 4 rings (SSSR count). The van der Waals surface area contributed by atoms with Crippen molar-refractivity contribution < 1.29 is 18.7 Å². The van der Waals surface area contributed by atoms with Crippen molar-refractivity contribution in [3.63, 3.8) is 0 Å². The number of nitrogens with zero attached hydrogens (tertiary/aromatic N) is 1. The van der Waals surface area contributed by atoms with Gasteiger partial charge in [-0.1, -0.05) is 0 Å². The third-order valence-corrected chi connectivity index (χ3v) is 7.14. The van der Waals surface area contributed by atoms with Gasteiger partial charge in [0.25, 0.3) is 0 Å². The second-order valence-electron chi connectivity index (χ2n) is 7.03. The van der Waals surface area contributed by atoms with E-state index in [-0.39, 0.29) is 32.1 Å². The molecule has 0 bridgehead atoms. The Balaban J connectivity index is 1.45. The number of nitrogens with one attached hydrogen (secondary N) is 2. The summed E-state index contributed by atoms with van der Waals surface area (Å²) >= 11 is -0.0414. The fourth-order valence-electron chi connectivity index (χ4n) is 3.50. The number of aryl methyl sites for hydroxylation is 1. The van der Waals surface area contributed by atoms with Crippen LogP contribution in [0.15, 0.2) is 24.3 Å². The molecule has 2 aliphatic rings. The molecule has 0 radical (unpaired) electrons. The molecule has 0 saturated carbocycles. The van der Waals surface area contributed by atoms with E-state index in [1.807, 2.05) is 13.0 Å². The molecule has 0 aliphatic carbocycles. The number of halogens is 1. The van der Waals surface area contributed by atoms with Crippen molar-refractivity contribution in [3.05, 3.63) is 50.1 Å². The van der Waals surface area contributed by atoms with Crippen LogP contribution in [0.1, 0.15) is 24.8 Å². The molecule has 6 nitrogen and oxygen atoms in total. The van der Waals surface area contributed by atoms with Gasteiger partial charge in [0.2, 0.25) is 0 Å². The first-order valence-corrected chi connectivity index (χ1v) is 11.2. The molecule has 29 heavy (non-hydrogen) atoms. The van der Waals surface area contributed by atoms with E-state index in [1.54, 1.807) is 12.1 Å². The molecule has 1 fully saturated rings. The van der Waals surface area contributed by atoms with E-state index in [4.69, 9.17) is 4.74 Å². The van der Waals surface area contributed by atoms with Gasteiger partial charge in [0, 0.05) is 0 Å². The molecule has 1 saturated heterocycles. The van der Waals surface area contributed by atoms with E-state index in [0.717, 1.165) is 41.7 Å². The monoisotopic (exact) mass is 463 g/mol. The number of fused-ring (bicyclic) bond motifs is 1. The van der Waals surface area contributed by atoms with Gasteiger partial charge in [-0.3, -0.25) is 0 Å². The van der Waals surface area contributed by atoms with Gasteiger partial charge in [-0.25, -0.2) is 0 Å². The van der Waals surface area contributed by atoms with Crippen molar-refractivity contribution in [1.82, 2.24) is 10.2 Å². The second kappa shape index (κ2) is 8.63. The average Bonchev–Trinajstić information content (AvgIpc) is 3.22. The van der Waals surface area contributed by atoms with Gasteiger partial charge in [-0.2, -0.15) is 0 Å². The molecule has 2 aromatic rings. The number of ether oxygens (including phenoxy) is 1. The number of benzene rings is 1. The molecule has 1 aromatic carbocycles. The van der Waals surface area contributed by atoms with Gasteiger partial charge in [-0.15, -0.1) is 0 Å². The molecule has 0 spiro atoms. The number of hydrogen-bond acceptors (Lipinski definition) is 4. The van der Waals surface area contributed by atoms with E-state index in [2.05, 4.69) is 15.5 Å². The van der Waals surface area contributed by atoms with E-state index in [1.165, 1.54) is 12.1 Å². The van der Waals surface area contributed by atoms with Crippen LogP contribution in [0.2, 0.25) is 0 Å². The maximum absolute atomic E-state index is 13.6.